The van der Waals surface area contributed by atoms with Crippen molar-refractivity contribution in [2.45, 2.75) is 12.8 Å². The predicted octanol–water partition coefficient (Wildman–Crippen LogP) is 1.94. The van der Waals surface area contributed by atoms with Crippen LogP contribution in [0.1, 0.15) is 11.3 Å². The molecule has 0 amide bonds. The highest BCUT2D eigenvalue weighted by molar-refractivity contribution is 5.86. The van der Waals surface area contributed by atoms with Gasteiger partial charge in [0.2, 0.25) is 5.95 Å². The average molecular weight is 360 g/mol. The monoisotopic (exact) mass is 360 g/mol. The summed E-state index contributed by atoms with van der Waals surface area (Å²) in [5.74, 6) is 1.13. The molecule has 1 aromatic carbocycles. The zero-order valence-electron chi connectivity index (χ0n) is 15.1. The Bertz CT molecular complexity index is 1110. The Morgan fingerprint density at radius 1 is 1.07 bits per heavy atom. The molecule has 0 saturated heterocycles. The number of hydrogen-bond donors (Lipinski definition) is 2. The molecule has 136 valence electrons. The highest BCUT2D eigenvalue weighted by Gasteiger charge is 2.22. The minimum atomic E-state index is 0.470. The molecule has 0 bridgehead atoms. The van der Waals surface area contributed by atoms with Crippen LogP contribution >= 0.6 is 0 Å². The maximum absolute atomic E-state index is 6.13. The summed E-state index contributed by atoms with van der Waals surface area (Å²) in [4.78, 5) is 11.4. The summed E-state index contributed by atoms with van der Waals surface area (Å²) >= 11 is 0. The molecule has 0 aliphatic carbocycles. The lowest BCUT2D eigenvalue weighted by Gasteiger charge is -2.20. The predicted molar refractivity (Wildman–Crippen MR) is 104 cm³/mol. The largest absolute Gasteiger partial charge is 0.383 e. The van der Waals surface area contributed by atoms with E-state index in [0.29, 0.717) is 11.8 Å². The van der Waals surface area contributed by atoms with E-state index in [9.17, 15) is 0 Å². The highest BCUT2D eigenvalue weighted by Crippen LogP contribution is 2.28. The summed E-state index contributed by atoms with van der Waals surface area (Å²) in [7, 11) is 1.86. The highest BCUT2D eigenvalue weighted by atomic mass is 15.3. The van der Waals surface area contributed by atoms with E-state index in [-0.39, 0.29) is 0 Å². The molecule has 0 unspecified atom stereocenters. The number of nitrogens with two attached hydrogens (primary N) is 1. The van der Waals surface area contributed by atoms with E-state index in [1.807, 2.05) is 25.2 Å². The molecule has 0 radical (unpaired) electrons. The smallest absolute Gasteiger partial charge is 0.229 e. The van der Waals surface area contributed by atoms with Gasteiger partial charge in [-0.05, 0) is 6.42 Å². The minimum Gasteiger partial charge on any atom is -0.383 e. The Labute approximate surface area is 156 Å². The quantitative estimate of drug-likeness (QED) is 0.566. The summed E-state index contributed by atoms with van der Waals surface area (Å²) in [5.41, 5.74) is 11.5. The van der Waals surface area contributed by atoms with Crippen molar-refractivity contribution < 1.29 is 0 Å². The molecule has 27 heavy (non-hydrogen) atoms. The van der Waals surface area contributed by atoms with E-state index in [4.69, 9.17) is 10.7 Å². The van der Waals surface area contributed by atoms with Gasteiger partial charge in [-0.15, -0.1) is 0 Å². The zero-order valence-corrected chi connectivity index (χ0v) is 15.1. The fraction of sp³-hybridized carbons (Fsp3) is 0.263. The number of nitrogens with zero attached hydrogens (tertiary/aromatic N) is 6. The number of nitrogens with one attached hydrogen (secondary N) is 1. The van der Waals surface area contributed by atoms with Crippen molar-refractivity contribution in [2.75, 3.05) is 23.7 Å². The first kappa shape index (κ1) is 15.8. The molecule has 4 heterocycles. The third-order valence-corrected chi connectivity index (χ3v) is 5.16. The Kier molecular flexibility index (Phi) is 3.56. The summed E-state index contributed by atoms with van der Waals surface area (Å²) in [6.07, 6.45) is 3.45. The lowest BCUT2D eigenvalue weighted by molar-refractivity contribution is 0.754. The second-order valence-electron chi connectivity index (χ2n) is 6.80. The first-order valence-corrected chi connectivity index (χ1v) is 9.02. The number of anilines is 2. The van der Waals surface area contributed by atoms with E-state index < -0.39 is 0 Å². The van der Waals surface area contributed by atoms with Crippen LogP contribution in [0.5, 0.6) is 0 Å². The van der Waals surface area contributed by atoms with Crippen molar-refractivity contribution in [1.82, 2.24) is 29.9 Å². The molecule has 4 aromatic rings. The van der Waals surface area contributed by atoms with Gasteiger partial charge >= 0.3 is 0 Å². The molecular weight excluding hydrogens is 340 g/mol. The first-order valence-electron chi connectivity index (χ1n) is 9.02. The van der Waals surface area contributed by atoms with E-state index in [2.05, 4.69) is 37.3 Å². The fourth-order valence-corrected chi connectivity index (χ4v) is 3.69. The van der Waals surface area contributed by atoms with Crippen LogP contribution in [0.15, 0.2) is 36.5 Å². The molecular formula is C19H20N8. The Balaban J connectivity index is 1.47. The maximum Gasteiger partial charge on any atom is 0.229 e. The number of aryl methyl sites for hydroxylation is 1. The molecule has 0 atom stereocenters. The van der Waals surface area contributed by atoms with Gasteiger partial charge in [0.25, 0.3) is 0 Å². The second kappa shape index (κ2) is 6.08. The number of nitrogen functional groups attached to an aromatic ring is 1. The third-order valence-electron chi connectivity index (χ3n) is 5.16. The molecule has 0 fully saturated rings. The van der Waals surface area contributed by atoms with Crippen LogP contribution in [0.25, 0.3) is 22.3 Å². The van der Waals surface area contributed by atoms with Crippen molar-refractivity contribution in [1.29, 1.82) is 0 Å². The summed E-state index contributed by atoms with van der Waals surface area (Å²) in [5, 5.41) is 12.8. The molecule has 8 heteroatoms. The summed E-state index contributed by atoms with van der Waals surface area (Å²) in [6.45, 7) is 1.63. The fourth-order valence-electron chi connectivity index (χ4n) is 3.69. The van der Waals surface area contributed by atoms with Crippen molar-refractivity contribution in [3.63, 3.8) is 0 Å². The van der Waals surface area contributed by atoms with Crippen molar-refractivity contribution in [2.24, 2.45) is 7.05 Å². The van der Waals surface area contributed by atoms with Gasteiger partial charge in [0.15, 0.2) is 5.65 Å². The maximum atomic E-state index is 6.13. The molecule has 8 nitrogen and oxygen atoms in total. The molecule has 0 saturated carbocycles. The zero-order chi connectivity index (χ0) is 18.4. The van der Waals surface area contributed by atoms with Gasteiger partial charge in [-0.3, -0.25) is 9.78 Å². The summed E-state index contributed by atoms with van der Waals surface area (Å²) < 4.78 is 1.73. The number of fused-ring (bicyclic) bond motifs is 2. The minimum absolute atomic E-state index is 0.470. The normalized spacial score (nSPS) is 14.3. The first-order chi connectivity index (χ1) is 13.2. The number of aromatic nitrogens is 6. The van der Waals surface area contributed by atoms with Crippen molar-refractivity contribution in [3.05, 3.63) is 47.8 Å². The van der Waals surface area contributed by atoms with E-state index in [1.54, 1.807) is 10.9 Å². The van der Waals surface area contributed by atoms with Gasteiger partial charge < -0.3 is 10.6 Å². The lowest BCUT2D eigenvalue weighted by atomic mass is 10.0. The molecule has 3 N–H and O–H groups in total. The van der Waals surface area contributed by atoms with Crippen LogP contribution in [0.3, 0.4) is 0 Å². The van der Waals surface area contributed by atoms with E-state index >= 15 is 0 Å². The molecule has 1 aliphatic heterocycles. The Morgan fingerprint density at radius 2 is 1.89 bits per heavy atom. The summed E-state index contributed by atoms with van der Waals surface area (Å²) in [6, 6.07) is 10.3. The molecule has 1 aliphatic rings. The van der Waals surface area contributed by atoms with Crippen LogP contribution < -0.4 is 10.6 Å². The Morgan fingerprint density at radius 3 is 2.74 bits per heavy atom. The van der Waals surface area contributed by atoms with Crippen LogP contribution in [0, 0.1) is 0 Å². The average Bonchev–Trinajstić information content (AvgIpc) is 3.20. The Hall–Kier alpha value is -3.42. The molecule has 0 spiro atoms. The van der Waals surface area contributed by atoms with E-state index in [0.717, 1.165) is 48.2 Å². The molecule has 5 rings (SSSR count). The molecule has 3 aromatic heterocycles. The number of H-pyrrole nitrogens is 1. The van der Waals surface area contributed by atoms with Crippen molar-refractivity contribution >= 4 is 22.8 Å². The van der Waals surface area contributed by atoms with Crippen LogP contribution in [0.2, 0.25) is 0 Å². The number of benzene rings is 1. The van der Waals surface area contributed by atoms with Gasteiger partial charge in [-0.25, -0.2) is 0 Å². The topological polar surface area (TPSA) is 102 Å². The number of hydrogen-bond acceptors (Lipinski definition) is 6. The van der Waals surface area contributed by atoms with Gasteiger partial charge in [-0.2, -0.15) is 20.2 Å². The van der Waals surface area contributed by atoms with Gasteiger partial charge in [0, 0.05) is 43.4 Å². The van der Waals surface area contributed by atoms with Crippen LogP contribution in [-0.2, 0) is 19.9 Å². The van der Waals surface area contributed by atoms with Crippen molar-refractivity contribution in [3.8, 4) is 11.3 Å². The van der Waals surface area contributed by atoms with E-state index in [1.165, 1.54) is 11.3 Å². The SMILES string of the molecule is Cn1ncc2c(N)nc(N3CCc4[nH]nc(-c5ccccc5)c4CC3)nc21. The van der Waals surface area contributed by atoms with Gasteiger partial charge in [0.05, 0.1) is 17.3 Å². The third kappa shape index (κ3) is 2.61. The standard InChI is InChI=1S/C19H20N8/c1-26-18-14(11-21-26)17(20)22-19(23-18)27-9-7-13-15(8-10-27)24-25-16(13)12-5-3-2-4-6-12/h2-6,11H,7-10H2,1H3,(H,24,25)(H2,20,22,23). The second-order valence-corrected chi connectivity index (χ2v) is 6.80. The van der Waals surface area contributed by atoms with Gasteiger partial charge in [0.1, 0.15) is 5.82 Å². The lowest BCUT2D eigenvalue weighted by Crippen LogP contribution is -2.28. The van der Waals surface area contributed by atoms with Gasteiger partial charge in [-0.1, -0.05) is 30.3 Å². The van der Waals surface area contributed by atoms with Crippen LogP contribution in [-0.4, -0.2) is 43.0 Å². The number of aromatic amines is 1. The van der Waals surface area contributed by atoms with Crippen LogP contribution in [0.4, 0.5) is 11.8 Å². The number of rotatable bonds is 2.